The van der Waals surface area contributed by atoms with Crippen molar-refractivity contribution in [2.24, 2.45) is 5.10 Å². The van der Waals surface area contributed by atoms with Crippen molar-refractivity contribution < 1.29 is 4.39 Å². The lowest BCUT2D eigenvalue weighted by Gasteiger charge is -2.28. The minimum Gasteiger partial charge on any atom is -0.247 e. The maximum atomic E-state index is 13.2. The number of halogens is 1. The second-order valence-corrected chi connectivity index (χ2v) is 3.52. The van der Waals surface area contributed by atoms with Crippen LogP contribution >= 0.6 is 0 Å². The molecule has 6 heteroatoms. The highest BCUT2D eigenvalue weighted by Gasteiger charge is 2.19. The number of benzene rings is 1. The maximum Gasteiger partial charge on any atom is 0.158 e. The molecule has 1 aromatic carbocycles. The second-order valence-electron chi connectivity index (χ2n) is 3.52. The van der Waals surface area contributed by atoms with E-state index in [1.54, 1.807) is 28.7 Å². The molecule has 1 aliphatic rings. The molecule has 2 heterocycles. The van der Waals surface area contributed by atoms with Crippen molar-refractivity contribution in [3.63, 3.8) is 0 Å². The first-order chi connectivity index (χ1) is 8.34. The number of nitrogens with zero attached hydrogens (tertiary/aromatic N) is 4. The van der Waals surface area contributed by atoms with E-state index in [0.29, 0.717) is 5.69 Å². The van der Waals surface area contributed by atoms with E-state index >= 15 is 0 Å². The molecular formula is C11H10FN5. The summed E-state index contributed by atoms with van der Waals surface area (Å²) < 4.78 is 15.0. The molecule has 0 radical (unpaired) electrons. The van der Waals surface area contributed by atoms with Crippen LogP contribution in [0.5, 0.6) is 0 Å². The first-order valence-electron chi connectivity index (χ1n) is 5.11. The summed E-state index contributed by atoms with van der Waals surface area (Å²) in [4.78, 5) is 0. The predicted octanol–water partition coefficient (Wildman–Crippen LogP) is 1.45. The van der Waals surface area contributed by atoms with E-state index in [0.717, 1.165) is 0 Å². The largest absolute Gasteiger partial charge is 0.247 e. The Morgan fingerprint density at radius 2 is 1.94 bits per heavy atom. The van der Waals surface area contributed by atoms with Crippen molar-refractivity contribution in [1.82, 2.24) is 10.2 Å². The molecule has 0 unspecified atom stereocenters. The normalized spacial score (nSPS) is 14.2. The molecule has 3 rings (SSSR count). The third-order valence-corrected chi connectivity index (χ3v) is 2.40. The Labute approximate surface area is 97.3 Å². The third kappa shape index (κ3) is 1.69. The molecule has 0 saturated heterocycles. The van der Waals surface area contributed by atoms with E-state index in [4.69, 9.17) is 0 Å². The lowest BCUT2D eigenvalue weighted by Crippen LogP contribution is -2.49. The molecular weight excluding hydrogens is 221 g/mol. The van der Waals surface area contributed by atoms with Crippen LogP contribution in [0, 0.1) is 5.82 Å². The standard InChI is InChI=1S/C11H10FN5/c12-10-4-3-5-11(8-10)17-14-13-9-16(17)15-6-1-2-7-15/h1-9,14H. The van der Waals surface area contributed by atoms with Gasteiger partial charge in [-0.2, -0.15) is 15.8 Å². The summed E-state index contributed by atoms with van der Waals surface area (Å²) in [5, 5.41) is 7.29. The number of hydrazine groups is 2. The van der Waals surface area contributed by atoms with Gasteiger partial charge in [-0.3, -0.25) is 0 Å². The summed E-state index contributed by atoms with van der Waals surface area (Å²) in [6.45, 7) is 0. The summed E-state index contributed by atoms with van der Waals surface area (Å²) in [5.41, 5.74) is 3.44. The van der Waals surface area contributed by atoms with E-state index in [1.165, 1.54) is 12.1 Å². The molecule has 0 fully saturated rings. The van der Waals surface area contributed by atoms with Crippen molar-refractivity contribution in [2.75, 3.05) is 10.2 Å². The Balaban J connectivity index is 1.94. The molecule has 17 heavy (non-hydrogen) atoms. The smallest absolute Gasteiger partial charge is 0.158 e. The number of hydrazone groups is 1. The minimum atomic E-state index is -0.288. The fourth-order valence-electron chi connectivity index (χ4n) is 1.64. The van der Waals surface area contributed by atoms with Crippen LogP contribution in [-0.4, -0.2) is 11.0 Å². The monoisotopic (exact) mass is 231 g/mol. The zero-order chi connectivity index (χ0) is 11.7. The van der Waals surface area contributed by atoms with E-state index in [1.807, 2.05) is 29.2 Å². The van der Waals surface area contributed by atoms with Crippen LogP contribution in [0.1, 0.15) is 0 Å². The molecule has 1 aromatic heterocycles. The topological polar surface area (TPSA) is 35.8 Å². The van der Waals surface area contributed by atoms with Crippen molar-refractivity contribution in [3.8, 4) is 0 Å². The van der Waals surface area contributed by atoms with E-state index < -0.39 is 0 Å². The van der Waals surface area contributed by atoms with Crippen molar-refractivity contribution in [3.05, 3.63) is 54.6 Å². The Morgan fingerprint density at radius 3 is 2.71 bits per heavy atom. The third-order valence-electron chi connectivity index (χ3n) is 2.40. The summed E-state index contributed by atoms with van der Waals surface area (Å²) in [6, 6.07) is 10.1. The van der Waals surface area contributed by atoms with Crippen molar-refractivity contribution in [1.29, 1.82) is 0 Å². The molecule has 0 atom stereocenters. The maximum absolute atomic E-state index is 13.2. The van der Waals surface area contributed by atoms with E-state index in [-0.39, 0.29) is 5.82 Å². The number of hydrogen-bond acceptors (Lipinski definition) is 4. The van der Waals surface area contributed by atoms with Crippen LogP contribution in [0.2, 0.25) is 0 Å². The Bertz CT molecular complexity index is 537. The van der Waals surface area contributed by atoms with Gasteiger partial charge in [0.1, 0.15) is 5.82 Å². The average molecular weight is 231 g/mol. The summed E-state index contributed by atoms with van der Waals surface area (Å²) >= 11 is 0. The number of hydrogen-bond donors (Lipinski definition) is 1. The highest BCUT2D eigenvalue weighted by Crippen LogP contribution is 2.16. The fourth-order valence-corrected chi connectivity index (χ4v) is 1.64. The Hall–Kier alpha value is -2.50. The molecule has 1 aliphatic heterocycles. The van der Waals surface area contributed by atoms with Crippen molar-refractivity contribution >= 4 is 12.0 Å². The summed E-state index contributed by atoms with van der Waals surface area (Å²) in [6.07, 6.45) is 5.33. The van der Waals surface area contributed by atoms with Gasteiger partial charge in [-0.05, 0) is 24.3 Å². The molecule has 0 aliphatic carbocycles. The van der Waals surface area contributed by atoms with Crippen molar-refractivity contribution in [2.45, 2.75) is 0 Å². The first kappa shape index (κ1) is 9.71. The number of aromatic nitrogens is 1. The number of nitrogens with one attached hydrogen (secondary N) is 1. The summed E-state index contributed by atoms with van der Waals surface area (Å²) in [5.74, 6) is -0.288. The lowest BCUT2D eigenvalue weighted by atomic mass is 10.3. The van der Waals surface area contributed by atoms with Gasteiger partial charge in [0.25, 0.3) is 0 Å². The highest BCUT2D eigenvalue weighted by molar-refractivity contribution is 5.74. The van der Waals surface area contributed by atoms with Gasteiger partial charge in [0.05, 0.1) is 5.69 Å². The molecule has 0 spiro atoms. The van der Waals surface area contributed by atoms with Crippen LogP contribution in [0.4, 0.5) is 10.1 Å². The molecule has 0 saturated carbocycles. The van der Waals surface area contributed by atoms with Gasteiger partial charge in [0, 0.05) is 18.5 Å². The molecule has 1 N–H and O–H groups in total. The van der Waals surface area contributed by atoms with Crippen LogP contribution in [-0.2, 0) is 0 Å². The molecule has 86 valence electrons. The van der Waals surface area contributed by atoms with Crippen LogP contribution in [0.3, 0.4) is 0 Å². The van der Waals surface area contributed by atoms with Crippen LogP contribution in [0.25, 0.3) is 0 Å². The van der Waals surface area contributed by atoms with Gasteiger partial charge in [-0.15, -0.1) is 5.10 Å². The fraction of sp³-hybridized carbons (Fsp3) is 0. The van der Waals surface area contributed by atoms with Crippen LogP contribution in [0.15, 0.2) is 53.9 Å². The number of anilines is 1. The SMILES string of the molecule is Fc1cccc(N2NN=CN2n2cccc2)c1. The lowest BCUT2D eigenvalue weighted by molar-refractivity contribution is 0.606. The number of rotatable bonds is 2. The van der Waals surface area contributed by atoms with Gasteiger partial charge in [-0.1, -0.05) is 6.07 Å². The van der Waals surface area contributed by atoms with Crippen LogP contribution < -0.4 is 15.8 Å². The Morgan fingerprint density at radius 1 is 1.12 bits per heavy atom. The zero-order valence-corrected chi connectivity index (χ0v) is 8.86. The predicted molar refractivity (Wildman–Crippen MR) is 63.2 cm³/mol. The van der Waals surface area contributed by atoms with Gasteiger partial charge in [0.2, 0.25) is 0 Å². The first-order valence-corrected chi connectivity index (χ1v) is 5.11. The highest BCUT2D eigenvalue weighted by atomic mass is 19.1. The van der Waals surface area contributed by atoms with E-state index in [9.17, 15) is 4.39 Å². The average Bonchev–Trinajstić information content (AvgIpc) is 3.00. The zero-order valence-electron chi connectivity index (χ0n) is 8.86. The Kier molecular flexibility index (Phi) is 2.18. The molecule has 5 nitrogen and oxygen atoms in total. The van der Waals surface area contributed by atoms with Gasteiger partial charge < -0.3 is 0 Å². The molecule has 0 amide bonds. The minimum absolute atomic E-state index is 0.288. The van der Waals surface area contributed by atoms with Gasteiger partial charge in [-0.25, -0.2) is 9.07 Å². The summed E-state index contributed by atoms with van der Waals surface area (Å²) in [7, 11) is 0. The second kappa shape index (κ2) is 3.82. The quantitative estimate of drug-likeness (QED) is 0.849. The van der Waals surface area contributed by atoms with Gasteiger partial charge >= 0.3 is 0 Å². The molecule has 2 aromatic rings. The molecule has 0 bridgehead atoms. The van der Waals surface area contributed by atoms with E-state index in [2.05, 4.69) is 10.6 Å². The van der Waals surface area contributed by atoms with Gasteiger partial charge in [0.15, 0.2) is 6.34 Å².